The minimum atomic E-state index is -0.954. The SMILES string of the molecule is CC(=O)NCc1ccccc1-c1ccc([C@@H]2O[C@H](CSc3ccccc3C(=O)O)C[C@H](c3ccc(CO)cc3)O2)cc1. The average Bonchev–Trinajstić information content (AvgIpc) is 3.03. The van der Waals surface area contributed by atoms with E-state index in [1.807, 2.05) is 84.9 Å². The normalized spacial score (nSPS) is 18.4. The zero-order chi connectivity index (χ0) is 29.5. The molecule has 0 spiro atoms. The van der Waals surface area contributed by atoms with Gasteiger partial charge in [-0.1, -0.05) is 84.9 Å². The highest BCUT2D eigenvalue weighted by Crippen LogP contribution is 2.40. The largest absolute Gasteiger partial charge is 0.478 e. The van der Waals surface area contributed by atoms with Gasteiger partial charge in [0.2, 0.25) is 5.91 Å². The van der Waals surface area contributed by atoms with Gasteiger partial charge in [-0.3, -0.25) is 4.79 Å². The van der Waals surface area contributed by atoms with Crippen LogP contribution in [0.4, 0.5) is 0 Å². The summed E-state index contributed by atoms with van der Waals surface area (Å²) in [6, 6.07) is 30.7. The molecule has 1 amide bonds. The highest BCUT2D eigenvalue weighted by molar-refractivity contribution is 7.99. The molecule has 0 radical (unpaired) electrons. The Bertz CT molecular complexity index is 1520. The maximum absolute atomic E-state index is 11.7. The van der Waals surface area contributed by atoms with Crippen LogP contribution in [0.3, 0.4) is 0 Å². The predicted octanol–water partition coefficient (Wildman–Crippen LogP) is 6.52. The van der Waals surface area contributed by atoms with Crippen molar-refractivity contribution in [3.05, 3.63) is 125 Å². The Hall–Kier alpha value is -3.95. The molecule has 4 aromatic carbocycles. The standard InChI is InChI=1S/C34H33NO6S/c1-22(37)35-19-27-6-2-3-7-29(27)24-14-16-26(17-15-24)34-40-28(21-42-32-9-5-4-8-30(32)33(38)39)18-31(41-34)25-12-10-23(20-36)11-13-25/h2-17,28,31,34,36H,18-21H2,1H3,(H,35,37)(H,38,39)/t28-,31+,34+/m0/s1. The molecule has 4 aromatic rings. The van der Waals surface area contributed by atoms with Gasteiger partial charge in [-0.25, -0.2) is 4.79 Å². The fourth-order valence-electron chi connectivity index (χ4n) is 4.97. The van der Waals surface area contributed by atoms with E-state index >= 15 is 0 Å². The molecule has 0 bridgehead atoms. The summed E-state index contributed by atoms with van der Waals surface area (Å²) in [5.74, 6) is -0.472. The molecule has 3 N–H and O–H groups in total. The molecule has 1 aliphatic heterocycles. The van der Waals surface area contributed by atoms with Gasteiger partial charge in [-0.05, 0) is 39.9 Å². The number of carbonyl (C=O) groups excluding carboxylic acids is 1. The van der Waals surface area contributed by atoms with Crippen LogP contribution >= 0.6 is 11.8 Å². The van der Waals surface area contributed by atoms with Gasteiger partial charge in [0.05, 0.1) is 24.4 Å². The van der Waals surface area contributed by atoms with Crippen LogP contribution in [0.5, 0.6) is 0 Å². The molecular formula is C34H33NO6S. The monoisotopic (exact) mass is 583 g/mol. The minimum Gasteiger partial charge on any atom is -0.478 e. The van der Waals surface area contributed by atoms with E-state index in [0.29, 0.717) is 23.6 Å². The number of hydrogen-bond donors (Lipinski definition) is 3. The van der Waals surface area contributed by atoms with E-state index in [0.717, 1.165) is 33.4 Å². The molecule has 0 aliphatic carbocycles. The second-order valence-electron chi connectivity index (χ2n) is 10.2. The predicted molar refractivity (Wildman–Crippen MR) is 162 cm³/mol. The maximum Gasteiger partial charge on any atom is 0.336 e. The first-order valence-electron chi connectivity index (χ1n) is 13.8. The van der Waals surface area contributed by atoms with Crippen molar-refractivity contribution in [3.63, 3.8) is 0 Å². The van der Waals surface area contributed by atoms with Gasteiger partial charge >= 0.3 is 5.97 Å². The van der Waals surface area contributed by atoms with Gasteiger partial charge in [-0.15, -0.1) is 11.8 Å². The lowest BCUT2D eigenvalue weighted by atomic mass is 9.98. The molecule has 3 atom stereocenters. The Labute approximate surface area is 249 Å². The van der Waals surface area contributed by atoms with Crippen molar-refractivity contribution >= 4 is 23.6 Å². The Morgan fingerprint density at radius 1 is 0.881 bits per heavy atom. The van der Waals surface area contributed by atoms with Gasteiger partial charge in [-0.2, -0.15) is 0 Å². The highest BCUT2D eigenvalue weighted by Gasteiger charge is 2.32. The summed E-state index contributed by atoms with van der Waals surface area (Å²) in [7, 11) is 0. The van der Waals surface area contributed by atoms with E-state index < -0.39 is 12.3 Å². The van der Waals surface area contributed by atoms with E-state index in [-0.39, 0.29) is 30.3 Å². The van der Waals surface area contributed by atoms with Crippen molar-refractivity contribution in [2.45, 2.75) is 49.9 Å². The van der Waals surface area contributed by atoms with Gasteiger partial charge in [0.25, 0.3) is 0 Å². The fraction of sp³-hybridized carbons (Fsp3) is 0.235. The first kappa shape index (κ1) is 29.5. The molecular weight excluding hydrogens is 550 g/mol. The minimum absolute atomic E-state index is 0.0277. The molecule has 216 valence electrons. The molecule has 1 fully saturated rings. The van der Waals surface area contributed by atoms with Crippen molar-refractivity contribution in [3.8, 4) is 11.1 Å². The number of carbonyl (C=O) groups is 2. The topological polar surface area (TPSA) is 105 Å². The Balaban J connectivity index is 1.37. The van der Waals surface area contributed by atoms with Crippen LogP contribution in [-0.2, 0) is 27.4 Å². The molecule has 8 heteroatoms. The second kappa shape index (κ2) is 13.8. The summed E-state index contributed by atoms with van der Waals surface area (Å²) < 4.78 is 12.9. The van der Waals surface area contributed by atoms with Crippen molar-refractivity contribution in [2.24, 2.45) is 0 Å². The number of thioether (sulfide) groups is 1. The number of nitrogens with one attached hydrogen (secondary N) is 1. The van der Waals surface area contributed by atoms with Crippen LogP contribution in [0, 0.1) is 0 Å². The smallest absolute Gasteiger partial charge is 0.336 e. The summed E-state index contributed by atoms with van der Waals surface area (Å²) in [6.07, 6.45) is -0.456. The summed E-state index contributed by atoms with van der Waals surface area (Å²) in [5.41, 5.74) is 6.04. The van der Waals surface area contributed by atoms with E-state index in [2.05, 4.69) is 5.32 Å². The number of ether oxygens (including phenoxy) is 2. The number of rotatable bonds is 10. The number of aliphatic hydroxyl groups is 1. The zero-order valence-electron chi connectivity index (χ0n) is 23.2. The molecule has 5 rings (SSSR count). The Morgan fingerprint density at radius 3 is 2.29 bits per heavy atom. The van der Waals surface area contributed by atoms with Gasteiger partial charge in [0, 0.05) is 36.1 Å². The molecule has 7 nitrogen and oxygen atoms in total. The molecule has 0 aromatic heterocycles. The van der Waals surface area contributed by atoms with Crippen LogP contribution in [-0.4, -0.2) is 33.9 Å². The van der Waals surface area contributed by atoms with Crippen LogP contribution in [0.15, 0.2) is 102 Å². The van der Waals surface area contributed by atoms with Crippen LogP contribution < -0.4 is 5.32 Å². The number of carboxylic acids is 1. The molecule has 0 saturated carbocycles. The van der Waals surface area contributed by atoms with E-state index in [1.54, 1.807) is 12.1 Å². The maximum atomic E-state index is 11.7. The molecule has 42 heavy (non-hydrogen) atoms. The Morgan fingerprint density at radius 2 is 1.57 bits per heavy atom. The second-order valence-corrected chi connectivity index (χ2v) is 11.2. The van der Waals surface area contributed by atoms with Crippen molar-refractivity contribution < 1.29 is 29.3 Å². The lowest BCUT2D eigenvalue weighted by Crippen LogP contribution is -2.31. The summed E-state index contributed by atoms with van der Waals surface area (Å²) in [4.78, 5) is 23.9. The lowest BCUT2D eigenvalue weighted by molar-refractivity contribution is -0.245. The van der Waals surface area contributed by atoms with Gasteiger partial charge in [0.1, 0.15) is 0 Å². The number of aliphatic hydroxyl groups excluding tert-OH is 1. The summed E-state index contributed by atoms with van der Waals surface area (Å²) in [5, 5.41) is 21.9. The first-order valence-corrected chi connectivity index (χ1v) is 14.8. The average molecular weight is 584 g/mol. The van der Waals surface area contributed by atoms with E-state index in [9.17, 15) is 19.8 Å². The quantitative estimate of drug-likeness (QED) is 0.183. The summed E-state index contributed by atoms with van der Waals surface area (Å²) in [6.45, 7) is 1.93. The first-order chi connectivity index (χ1) is 20.4. The zero-order valence-corrected chi connectivity index (χ0v) is 24.1. The number of aromatic carboxylic acids is 1. The Kier molecular flexibility index (Phi) is 9.71. The van der Waals surface area contributed by atoms with Gasteiger partial charge < -0.3 is 25.0 Å². The molecule has 1 aliphatic rings. The van der Waals surface area contributed by atoms with Crippen LogP contribution in [0.2, 0.25) is 0 Å². The van der Waals surface area contributed by atoms with Crippen LogP contribution in [0.25, 0.3) is 11.1 Å². The van der Waals surface area contributed by atoms with E-state index in [1.165, 1.54) is 18.7 Å². The number of hydrogen-bond acceptors (Lipinski definition) is 6. The third kappa shape index (κ3) is 7.27. The van der Waals surface area contributed by atoms with Gasteiger partial charge in [0.15, 0.2) is 6.29 Å². The number of amides is 1. The lowest BCUT2D eigenvalue weighted by Gasteiger charge is -2.36. The van der Waals surface area contributed by atoms with Crippen molar-refractivity contribution in [1.29, 1.82) is 0 Å². The third-order valence-electron chi connectivity index (χ3n) is 7.20. The number of carboxylic acid groups (broad SMARTS) is 1. The molecule has 1 heterocycles. The van der Waals surface area contributed by atoms with Crippen LogP contribution in [0.1, 0.15) is 58.4 Å². The third-order valence-corrected chi connectivity index (χ3v) is 8.40. The molecule has 0 unspecified atom stereocenters. The van der Waals surface area contributed by atoms with Crippen molar-refractivity contribution in [1.82, 2.24) is 5.32 Å². The molecule has 1 saturated heterocycles. The van der Waals surface area contributed by atoms with Crippen molar-refractivity contribution in [2.75, 3.05) is 5.75 Å². The fourth-order valence-corrected chi connectivity index (χ4v) is 6.04. The summed E-state index contributed by atoms with van der Waals surface area (Å²) >= 11 is 1.47. The number of benzene rings is 4. The highest BCUT2D eigenvalue weighted by atomic mass is 32.2. The van der Waals surface area contributed by atoms with E-state index in [4.69, 9.17) is 9.47 Å².